The predicted octanol–water partition coefficient (Wildman–Crippen LogP) is -0.984. The summed E-state index contributed by atoms with van der Waals surface area (Å²) < 4.78 is 5.05. The number of benzene rings is 1. The van der Waals surface area contributed by atoms with Gasteiger partial charge >= 0.3 is 5.97 Å². The number of aliphatic hydroxyl groups excluding tert-OH is 2. The van der Waals surface area contributed by atoms with E-state index in [4.69, 9.17) is 4.74 Å². The van der Waals surface area contributed by atoms with Gasteiger partial charge in [0, 0.05) is 26.0 Å². The number of phenols is 2. The van der Waals surface area contributed by atoms with Crippen LogP contribution in [0.3, 0.4) is 0 Å². The summed E-state index contributed by atoms with van der Waals surface area (Å²) >= 11 is 0. The lowest BCUT2D eigenvalue weighted by molar-refractivity contribution is -0.186. The van der Waals surface area contributed by atoms with Crippen molar-refractivity contribution in [3.8, 4) is 11.5 Å². The number of hydrogen-bond acceptors (Lipinski definition) is 8. The minimum absolute atomic E-state index is 0.308. The zero-order valence-electron chi connectivity index (χ0n) is 14.0. The Balaban J connectivity index is 2.07. The van der Waals surface area contributed by atoms with Crippen molar-refractivity contribution in [1.29, 1.82) is 0 Å². The van der Waals surface area contributed by atoms with E-state index in [-0.39, 0.29) is 24.3 Å². The van der Waals surface area contributed by atoms with Crippen LogP contribution in [0.25, 0.3) is 6.08 Å². The summed E-state index contributed by atoms with van der Waals surface area (Å²) in [6.45, 7) is 0. The fraction of sp³-hybridized carbons (Fsp3) is 0.412. The van der Waals surface area contributed by atoms with Gasteiger partial charge in [-0.15, -0.1) is 0 Å². The van der Waals surface area contributed by atoms with Crippen LogP contribution in [0.2, 0.25) is 0 Å². The summed E-state index contributed by atoms with van der Waals surface area (Å²) in [5.74, 6) is -2.30. The van der Waals surface area contributed by atoms with Crippen LogP contribution >= 0.6 is 0 Å². The molecule has 26 heavy (non-hydrogen) atoms. The number of likely N-dealkylation sites (N-methyl/N-ethyl adjacent to an activating group) is 1. The summed E-state index contributed by atoms with van der Waals surface area (Å²) in [5, 5.41) is 51.0. The third-order valence-corrected chi connectivity index (χ3v) is 4.19. The number of rotatable bonds is 4. The first kappa shape index (κ1) is 19.7. The van der Waals surface area contributed by atoms with Gasteiger partial charge in [-0.2, -0.15) is 0 Å². The van der Waals surface area contributed by atoms with Crippen LogP contribution in [0.1, 0.15) is 18.4 Å². The SMILES string of the molecule is CNC(=O)[C@]1(O)C[C@@H](O)[C@@H](O)[C@H](OC(=O)C=Cc2ccc(O)c(O)c2)C1. The number of amides is 1. The zero-order chi connectivity index (χ0) is 19.5. The minimum atomic E-state index is -1.97. The molecule has 0 saturated heterocycles. The first-order chi connectivity index (χ1) is 12.2. The fourth-order valence-electron chi connectivity index (χ4n) is 2.78. The summed E-state index contributed by atoms with van der Waals surface area (Å²) in [5.41, 5.74) is -1.56. The molecule has 9 nitrogen and oxygen atoms in total. The Morgan fingerprint density at radius 3 is 2.54 bits per heavy atom. The molecule has 1 saturated carbocycles. The Morgan fingerprint density at radius 1 is 1.23 bits per heavy atom. The van der Waals surface area contributed by atoms with E-state index in [0.717, 1.165) is 6.08 Å². The van der Waals surface area contributed by atoms with Crippen molar-refractivity contribution < 1.29 is 39.9 Å². The summed E-state index contributed by atoms with van der Waals surface area (Å²) in [7, 11) is 1.31. The topological polar surface area (TPSA) is 157 Å². The largest absolute Gasteiger partial charge is 0.504 e. The highest BCUT2D eigenvalue weighted by atomic mass is 16.6. The van der Waals surface area contributed by atoms with Gasteiger partial charge in [-0.3, -0.25) is 4.79 Å². The van der Waals surface area contributed by atoms with Crippen LogP contribution in [0.15, 0.2) is 24.3 Å². The van der Waals surface area contributed by atoms with Crippen molar-refractivity contribution in [3.05, 3.63) is 29.8 Å². The molecule has 0 bridgehead atoms. The van der Waals surface area contributed by atoms with E-state index in [1.54, 1.807) is 0 Å². The molecule has 142 valence electrons. The van der Waals surface area contributed by atoms with Crippen molar-refractivity contribution in [1.82, 2.24) is 5.32 Å². The molecule has 6 N–H and O–H groups in total. The monoisotopic (exact) mass is 367 g/mol. The number of aromatic hydroxyl groups is 2. The smallest absolute Gasteiger partial charge is 0.331 e. The maximum Gasteiger partial charge on any atom is 0.331 e. The highest BCUT2D eigenvalue weighted by Crippen LogP contribution is 2.31. The number of carbonyl (C=O) groups excluding carboxylic acids is 2. The standard InChI is InChI=1S/C17H21NO8/c1-18-16(24)17(25)7-12(21)15(23)13(8-17)26-14(22)5-3-9-2-4-10(19)11(20)6-9/h2-6,12-13,15,19-21,23,25H,7-8H2,1H3,(H,18,24)/t12-,13-,15-,17+/m1/s1. The summed E-state index contributed by atoms with van der Waals surface area (Å²) in [6, 6.07) is 3.91. The van der Waals surface area contributed by atoms with E-state index in [1.165, 1.54) is 31.3 Å². The molecule has 0 aliphatic heterocycles. The second-order valence-electron chi connectivity index (χ2n) is 6.13. The molecule has 1 aliphatic carbocycles. The molecule has 0 heterocycles. The van der Waals surface area contributed by atoms with Gasteiger partial charge in [0.05, 0.1) is 6.10 Å². The average Bonchev–Trinajstić information content (AvgIpc) is 2.59. The van der Waals surface area contributed by atoms with Gasteiger partial charge in [0.1, 0.15) is 17.8 Å². The van der Waals surface area contributed by atoms with Crippen LogP contribution in [-0.4, -0.2) is 68.4 Å². The normalized spacial score (nSPS) is 28.7. The van der Waals surface area contributed by atoms with Crippen molar-refractivity contribution in [3.63, 3.8) is 0 Å². The van der Waals surface area contributed by atoms with Crippen molar-refractivity contribution >= 4 is 18.0 Å². The number of aliphatic hydroxyl groups is 3. The van der Waals surface area contributed by atoms with Gasteiger partial charge in [-0.1, -0.05) is 6.07 Å². The molecular formula is C17H21NO8. The number of carbonyl (C=O) groups is 2. The van der Waals surface area contributed by atoms with Gasteiger partial charge in [0.25, 0.3) is 5.91 Å². The van der Waals surface area contributed by atoms with Crippen LogP contribution in [0, 0.1) is 0 Å². The van der Waals surface area contributed by atoms with E-state index < -0.39 is 35.8 Å². The first-order valence-electron chi connectivity index (χ1n) is 7.87. The van der Waals surface area contributed by atoms with E-state index in [1.807, 2.05) is 0 Å². The predicted molar refractivity (Wildman–Crippen MR) is 88.9 cm³/mol. The van der Waals surface area contributed by atoms with Crippen LogP contribution < -0.4 is 5.32 Å². The fourth-order valence-corrected chi connectivity index (χ4v) is 2.78. The average molecular weight is 367 g/mol. The van der Waals surface area contributed by atoms with E-state index in [9.17, 15) is 35.1 Å². The molecule has 1 fully saturated rings. The molecular weight excluding hydrogens is 346 g/mol. The number of hydrogen-bond donors (Lipinski definition) is 6. The van der Waals surface area contributed by atoms with Gasteiger partial charge in [-0.25, -0.2) is 4.79 Å². The third kappa shape index (κ3) is 4.31. The second kappa shape index (κ2) is 7.73. The highest BCUT2D eigenvalue weighted by molar-refractivity contribution is 5.88. The number of ether oxygens (including phenoxy) is 1. The lowest BCUT2D eigenvalue weighted by Gasteiger charge is -2.40. The zero-order valence-corrected chi connectivity index (χ0v) is 14.0. The van der Waals surface area contributed by atoms with Crippen molar-refractivity contribution in [2.75, 3.05) is 7.05 Å². The summed E-state index contributed by atoms with van der Waals surface area (Å²) in [6.07, 6.45) is -2.62. The molecule has 1 aromatic rings. The summed E-state index contributed by atoms with van der Waals surface area (Å²) in [4.78, 5) is 23.7. The lowest BCUT2D eigenvalue weighted by Crippen LogP contribution is -2.59. The molecule has 1 aromatic carbocycles. The molecule has 0 unspecified atom stereocenters. The molecule has 0 spiro atoms. The number of nitrogens with one attached hydrogen (secondary N) is 1. The number of esters is 1. The maximum absolute atomic E-state index is 11.9. The molecule has 9 heteroatoms. The highest BCUT2D eigenvalue weighted by Gasteiger charge is 2.49. The van der Waals surface area contributed by atoms with Crippen LogP contribution in [0.5, 0.6) is 11.5 Å². The van der Waals surface area contributed by atoms with Crippen LogP contribution in [-0.2, 0) is 14.3 Å². The van der Waals surface area contributed by atoms with E-state index in [0.29, 0.717) is 5.56 Å². The first-order valence-corrected chi connectivity index (χ1v) is 7.87. The van der Waals surface area contributed by atoms with Crippen LogP contribution in [0.4, 0.5) is 0 Å². The Morgan fingerprint density at radius 2 is 1.92 bits per heavy atom. The Bertz CT molecular complexity index is 719. The molecule has 2 rings (SSSR count). The lowest BCUT2D eigenvalue weighted by atomic mass is 9.79. The molecule has 4 atom stereocenters. The number of phenolic OH excluding ortho intramolecular Hbond substituents is 2. The van der Waals surface area contributed by atoms with Gasteiger partial charge in [0.15, 0.2) is 11.5 Å². The van der Waals surface area contributed by atoms with E-state index >= 15 is 0 Å². The maximum atomic E-state index is 11.9. The van der Waals surface area contributed by atoms with Gasteiger partial charge in [0.2, 0.25) is 0 Å². The van der Waals surface area contributed by atoms with E-state index in [2.05, 4.69) is 5.32 Å². The Hall–Kier alpha value is -2.62. The molecule has 0 radical (unpaired) electrons. The van der Waals surface area contributed by atoms with Crippen molar-refractivity contribution in [2.24, 2.45) is 0 Å². The Kier molecular flexibility index (Phi) is 5.86. The quantitative estimate of drug-likeness (QED) is 0.225. The molecule has 0 aromatic heterocycles. The van der Waals surface area contributed by atoms with Crippen molar-refractivity contribution in [2.45, 2.75) is 36.8 Å². The third-order valence-electron chi connectivity index (χ3n) is 4.19. The Labute approximate surface area is 149 Å². The van der Waals surface area contributed by atoms with Gasteiger partial charge < -0.3 is 35.6 Å². The molecule has 1 aliphatic rings. The molecule has 1 amide bonds. The van der Waals surface area contributed by atoms with Gasteiger partial charge in [-0.05, 0) is 23.8 Å². The minimum Gasteiger partial charge on any atom is -0.504 e. The second-order valence-corrected chi connectivity index (χ2v) is 6.13.